The van der Waals surface area contributed by atoms with Crippen molar-refractivity contribution in [3.8, 4) is 0 Å². The standard InChI is InChI=1S/C15H21N3O3S/c1-17(2)13(19)9-16-14(20)11-5-3-7-18(10-11)15(21)12-6-4-8-22-12/h4,6,8,11H,3,5,7,9-10H2,1-2H3,(H,16,20). The van der Waals surface area contributed by atoms with E-state index >= 15 is 0 Å². The third-order valence-electron chi connectivity index (χ3n) is 3.72. The molecule has 1 saturated heterocycles. The van der Waals surface area contributed by atoms with Crippen LogP contribution in [0.1, 0.15) is 22.5 Å². The van der Waals surface area contributed by atoms with Crippen molar-refractivity contribution in [3.63, 3.8) is 0 Å². The molecule has 1 aromatic rings. The number of hydrogen-bond donors (Lipinski definition) is 1. The van der Waals surface area contributed by atoms with E-state index < -0.39 is 0 Å². The second kappa shape index (κ2) is 7.40. The third kappa shape index (κ3) is 4.07. The van der Waals surface area contributed by atoms with Crippen LogP contribution in [0.15, 0.2) is 17.5 Å². The van der Waals surface area contributed by atoms with Gasteiger partial charge < -0.3 is 15.1 Å². The number of piperidine rings is 1. The highest BCUT2D eigenvalue weighted by atomic mass is 32.1. The van der Waals surface area contributed by atoms with Crippen LogP contribution in [0.3, 0.4) is 0 Å². The van der Waals surface area contributed by atoms with Gasteiger partial charge in [0.2, 0.25) is 11.8 Å². The fourth-order valence-electron chi connectivity index (χ4n) is 2.40. The molecule has 7 heteroatoms. The number of nitrogens with one attached hydrogen (secondary N) is 1. The number of rotatable bonds is 4. The van der Waals surface area contributed by atoms with Gasteiger partial charge in [-0.15, -0.1) is 11.3 Å². The monoisotopic (exact) mass is 323 g/mol. The molecule has 0 bridgehead atoms. The van der Waals surface area contributed by atoms with Gasteiger partial charge in [0.1, 0.15) is 0 Å². The molecule has 1 N–H and O–H groups in total. The largest absolute Gasteiger partial charge is 0.347 e. The Bertz CT molecular complexity index is 542. The quantitative estimate of drug-likeness (QED) is 0.891. The molecule has 2 rings (SSSR count). The van der Waals surface area contributed by atoms with Crippen molar-refractivity contribution in [2.75, 3.05) is 33.7 Å². The van der Waals surface area contributed by atoms with Crippen LogP contribution in [0.5, 0.6) is 0 Å². The molecule has 6 nitrogen and oxygen atoms in total. The highest BCUT2D eigenvalue weighted by molar-refractivity contribution is 7.12. The average Bonchev–Trinajstić information content (AvgIpc) is 3.05. The van der Waals surface area contributed by atoms with Gasteiger partial charge in [-0.2, -0.15) is 0 Å². The lowest BCUT2D eigenvalue weighted by Crippen LogP contribution is -2.47. The molecule has 1 aliphatic heterocycles. The first-order valence-electron chi connectivity index (χ1n) is 7.29. The van der Waals surface area contributed by atoms with Crippen LogP contribution in [0.2, 0.25) is 0 Å². The zero-order valence-electron chi connectivity index (χ0n) is 12.9. The molecule has 0 aliphatic carbocycles. The maximum absolute atomic E-state index is 12.3. The predicted octanol–water partition coefficient (Wildman–Crippen LogP) is 0.805. The van der Waals surface area contributed by atoms with E-state index in [2.05, 4.69) is 5.32 Å². The van der Waals surface area contributed by atoms with E-state index in [1.165, 1.54) is 16.2 Å². The van der Waals surface area contributed by atoms with Crippen molar-refractivity contribution in [2.24, 2.45) is 5.92 Å². The molecule has 1 fully saturated rings. The lowest BCUT2D eigenvalue weighted by atomic mass is 9.97. The number of likely N-dealkylation sites (N-methyl/N-ethyl adjacent to an activating group) is 1. The molecular formula is C15H21N3O3S. The SMILES string of the molecule is CN(C)C(=O)CNC(=O)C1CCCN(C(=O)c2cccs2)C1. The summed E-state index contributed by atoms with van der Waals surface area (Å²) in [5.74, 6) is -0.556. The van der Waals surface area contributed by atoms with Gasteiger partial charge in [0.15, 0.2) is 0 Å². The maximum atomic E-state index is 12.3. The molecule has 1 aliphatic rings. The smallest absolute Gasteiger partial charge is 0.263 e. The van der Waals surface area contributed by atoms with Crippen LogP contribution >= 0.6 is 11.3 Å². The molecule has 0 aromatic carbocycles. The van der Waals surface area contributed by atoms with Crippen molar-refractivity contribution in [1.82, 2.24) is 15.1 Å². The number of amides is 3. The zero-order chi connectivity index (χ0) is 16.1. The molecule has 1 unspecified atom stereocenters. The van der Waals surface area contributed by atoms with Gasteiger partial charge in [0.05, 0.1) is 17.3 Å². The fourth-order valence-corrected chi connectivity index (χ4v) is 3.09. The van der Waals surface area contributed by atoms with E-state index in [4.69, 9.17) is 0 Å². The fraction of sp³-hybridized carbons (Fsp3) is 0.533. The summed E-state index contributed by atoms with van der Waals surface area (Å²) in [6.45, 7) is 1.09. The van der Waals surface area contributed by atoms with E-state index in [1.54, 1.807) is 25.1 Å². The molecule has 2 heterocycles. The zero-order valence-corrected chi connectivity index (χ0v) is 13.7. The van der Waals surface area contributed by atoms with Crippen LogP contribution in [-0.4, -0.2) is 61.3 Å². The lowest BCUT2D eigenvalue weighted by Gasteiger charge is -2.31. The summed E-state index contributed by atoms with van der Waals surface area (Å²) in [4.78, 5) is 39.9. The first-order valence-corrected chi connectivity index (χ1v) is 8.17. The number of nitrogens with zero attached hydrogens (tertiary/aromatic N) is 2. The van der Waals surface area contributed by atoms with Gasteiger partial charge in [0, 0.05) is 27.2 Å². The Morgan fingerprint density at radius 3 is 2.82 bits per heavy atom. The van der Waals surface area contributed by atoms with E-state index in [1.807, 2.05) is 11.4 Å². The van der Waals surface area contributed by atoms with Crippen molar-refractivity contribution >= 4 is 29.1 Å². The summed E-state index contributed by atoms with van der Waals surface area (Å²) in [6.07, 6.45) is 1.55. The van der Waals surface area contributed by atoms with Crippen LogP contribution in [0.25, 0.3) is 0 Å². The first kappa shape index (κ1) is 16.5. The number of likely N-dealkylation sites (tertiary alicyclic amines) is 1. The summed E-state index contributed by atoms with van der Waals surface area (Å²) in [5, 5.41) is 4.53. The van der Waals surface area contributed by atoms with E-state index in [0.29, 0.717) is 18.0 Å². The second-order valence-corrected chi connectivity index (χ2v) is 6.52. The van der Waals surface area contributed by atoms with Gasteiger partial charge in [-0.25, -0.2) is 0 Å². The second-order valence-electron chi connectivity index (χ2n) is 5.57. The van der Waals surface area contributed by atoms with Gasteiger partial charge in [-0.05, 0) is 24.3 Å². The summed E-state index contributed by atoms with van der Waals surface area (Å²) < 4.78 is 0. The lowest BCUT2D eigenvalue weighted by molar-refractivity contribution is -0.132. The number of carbonyl (C=O) groups is 3. The Balaban J connectivity index is 1.88. The van der Waals surface area contributed by atoms with Gasteiger partial charge in [0.25, 0.3) is 5.91 Å². The Labute approximate surface area is 134 Å². The molecule has 120 valence electrons. The Morgan fingerprint density at radius 1 is 1.41 bits per heavy atom. The summed E-state index contributed by atoms with van der Waals surface area (Å²) >= 11 is 1.41. The summed E-state index contributed by atoms with van der Waals surface area (Å²) in [5.41, 5.74) is 0. The number of carbonyl (C=O) groups excluding carboxylic acids is 3. The van der Waals surface area contributed by atoms with Crippen molar-refractivity contribution in [1.29, 1.82) is 0 Å². The molecule has 0 radical (unpaired) electrons. The van der Waals surface area contributed by atoms with Crippen LogP contribution in [-0.2, 0) is 9.59 Å². The minimum absolute atomic E-state index is 0.00119. The number of thiophene rings is 1. The van der Waals surface area contributed by atoms with Crippen LogP contribution in [0, 0.1) is 5.92 Å². The van der Waals surface area contributed by atoms with E-state index in [-0.39, 0.29) is 30.2 Å². The molecule has 3 amide bonds. The van der Waals surface area contributed by atoms with Crippen LogP contribution < -0.4 is 5.32 Å². The minimum Gasteiger partial charge on any atom is -0.347 e. The molecule has 0 saturated carbocycles. The van der Waals surface area contributed by atoms with E-state index in [9.17, 15) is 14.4 Å². The molecule has 1 aromatic heterocycles. The first-order chi connectivity index (χ1) is 10.5. The van der Waals surface area contributed by atoms with Crippen molar-refractivity contribution in [3.05, 3.63) is 22.4 Å². The topological polar surface area (TPSA) is 69.7 Å². The minimum atomic E-state index is -0.243. The third-order valence-corrected chi connectivity index (χ3v) is 4.58. The Morgan fingerprint density at radius 2 is 2.18 bits per heavy atom. The average molecular weight is 323 g/mol. The van der Waals surface area contributed by atoms with Crippen LogP contribution in [0.4, 0.5) is 0 Å². The maximum Gasteiger partial charge on any atom is 0.263 e. The molecule has 0 spiro atoms. The van der Waals surface area contributed by atoms with Crippen molar-refractivity contribution in [2.45, 2.75) is 12.8 Å². The Kier molecular flexibility index (Phi) is 5.54. The highest BCUT2D eigenvalue weighted by Crippen LogP contribution is 2.20. The van der Waals surface area contributed by atoms with Crippen molar-refractivity contribution < 1.29 is 14.4 Å². The van der Waals surface area contributed by atoms with Gasteiger partial charge in [-0.1, -0.05) is 6.07 Å². The Hall–Kier alpha value is -1.89. The van der Waals surface area contributed by atoms with E-state index in [0.717, 1.165) is 12.8 Å². The van der Waals surface area contributed by atoms with Gasteiger partial charge >= 0.3 is 0 Å². The number of hydrogen-bond acceptors (Lipinski definition) is 4. The summed E-state index contributed by atoms with van der Waals surface area (Å²) in [6, 6.07) is 3.64. The van der Waals surface area contributed by atoms with Gasteiger partial charge in [-0.3, -0.25) is 14.4 Å². The predicted molar refractivity (Wildman–Crippen MR) is 84.7 cm³/mol. The highest BCUT2D eigenvalue weighted by Gasteiger charge is 2.29. The normalized spacial score (nSPS) is 17.9. The molecular weight excluding hydrogens is 302 g/mol. The molecule has 22 heavy (non-hydrogen) atoms. The summed E-state index contributed by atoms with van der Waals surface area (Å²) in [7, 11) is 3.30. The molecule has 1 atom stereocenters.